The van der Waals surface area contributed by atoms with Crippen LogP contribution >= 0.6 is 34.8 Å². The summed E-state index contributed by atoms with van der Waals surface area (Å²) in [5.74, 6) is -4.13. The third-order valence-corrected chi connectivity index (χ3v) is 5.88. The topological polar surface area (TPSA) is 58.2 Å². The van der Waals surface area contributed by atoms with E-state index in [1.165, 1.54) is 31.2 Å². The first-order chi connectivity index (χ1) is 16.5. The Labute approximate surface area is 216 Å². The highest BCUT2D eigenvalue weighted by Crippen LogP contribution is 2.41. The summed E-state index contributed by atoms with van der Waals surface area (Å²) >= 11 is 17.5. The van der Waals surface area contributed by atoms with Crippen molar-refractivity contribution in [3.63, 3.8) is 0 Å². The molecule has 2 amide bonds. The summed E-state index contributed by atoms with van der Waals surface area (Å²) in [7, 11) is 0. The van der Waals surface area contributed by atoms with Gasteiger partial charge in [-0.05, 0) is 41.8 Å². The molecule has 13 heteroatoms. The number of hydrogen-bond donors (Lipinski definition) is 2. The maximum absolute atomic E-state index is 13.7. The number of amides is 2. The Morgan fingerprint density at radius 2 is 1.61 bits per heavy atom. The summed E-state index contributed by atoms with van der Waals surface area (Å²) in [4.78, 5) is 24.0. The van der Waals surface area contributed by atoms with E-state index in [1.54, 1.807) is 5.32 Å². The minimum atomic E-state index is -4.68. The molecule has 2 aromatic carbocycles. The van der Waals surface area contributed by atoms with E-state index in [1.807, 2.05) is 0 Å². The third-order valence-electron chi connectivity index (χ3n) is 4.68. The molecule has 2 rings (SSSR count). The minimum absolute atomic E-state index is 0.0283. The molecule has 0 aliphatic rings. The van der Waals surface area contributed by atoms with Crippen LogP contribution in [0.1, 0.15) is 33.0 Å². The molecule has 1 unspecified atom stereocenters. The second-order valence-corrected chi connectivity index (χ2v) is 8.67. The number of aryl methyl sites for hydroxylation is 1. The summed E-state index contributed by atoms with van der Waals surface area (Å²) in [6.07, 6.45) is -7.25. The van der Waals surface area contributed by atoms with Gasteiger partial charge >= 0.3 is 12.4 Å². The van der Waals surface area contributed by atoms with Crippen LogP contribution in [0.2, 0.25) is 15.1 Å². The van der Waals surface area contributed by atoms with Crippen LogP contribution in [0, 0.1) is 6.92 Å². The number of carbonyl (C=O) groups excluding carboxylic acids is 2. The van der Waals surface area contributed by atoms with Gasteiger partial charge < -0.3 is 10.6 Å². The largest absolute Gasteiger partial charge is 0.405 e. The van der Waals surface area contributed by atoms with Crippen LogP contribution in [0.5, 0.6) is 0 Å². The molecule has 0 saturated heterocycles. The Morgan fingerprint density at radius 1 is 1.03 bits per heavy atom. The molecule has 0 radical (unpaired) electrons. The first kappa shape index (κ1) is 29.5. The number of alkyl halides is 6. The molecule has 2 aromatic rings. The minimum Gasteiger partial charge on any atom is -0.342 e. The average molecular weight is 574 g/mol. The Morgan fingerprint density at radius 3 is 2.11 bits per heavy atom. The number of halogens is 9. The quantitative estimate of drug-likeness (QED) is 0.209. The lowest BCUT2D eigenvalue weighted by Gasteiger charge is -2.18. The van der Waals surface area contributed by atoms with Crippen molar-refractivity contribution < 1.29 is 35.9 Å². The second kappa shape index (κ2) is 11.6. The highest BCUT2D eigenvalue weighted by molar-refractivity contribution is 6.48. The van der Waals surface area contributed by atoms with E-state index in [9.17, 15) is 35.9 Å². The molecule has 1 atom stereocenters. The summed E-state index contributed by atoms with van der Waals surface area (Å²) in [6, 6.07) is 6.17. The Balaban J connectivity index is 2.20. The van der Waals surface area contributed by atoms with E-state index >= 15 is 0 Å². The zero-order valence-electron chi connectivity index (χ0n) is 18.3. The summed E-state index contributed by atoms with van der Waals surface area (Å²) < 4.78 is 77.7. The van der Waals surface area contributed by atoms with Crippen LogP contribution in [0.15, 0.2) is 48.7 Å². The van der Waals surface area contributed by atoms with Gasteiger partial charge in [-0.1, -0.05) is 65.7 Å². The van der Waals surface area contributed by atoms with Crippen molar-refractivity contribution >= 4 is 52.7 Å². The monoisotopic (exact) mass is 572 g/mol. The highest BCUT2D eigenvalue weighted by Gasteiger charge is 2.39. The first-order valence-electron chi connectivity index (χ1n) is 9.85. The van der Waals surface area contributed by atoms with E-state index in [0.717, 1.165) is 18.2 Å². The number of hydrogen-bond acceptors (Lipinski definition) is 2. The van der Waals surface area contributed by atoms with Crippen LogP contribution in [-0.2, 0) is 4.79 Å². The van der Waals surface area contributed by atoms with E-state index in [-0.39, 0.29) is 26.2 Å². The fraction of sp³-hybridized carbons (Fsp3) is 0.217. The Kier molecular flexibility index (Phi) is 9.50. The van der Waals surface area contributed by atoms with Crippen LogP contribution in [0.3, 0.4) is 0 Å². The molecule has 36 heavy (non-hydrogen) atoms. The number of allylic oxidation sites excluding steroid dienone is 1. The predicted molar refractivity (Wildman–Crippen MR) is 126 cm³/mol. The van der Waals surface area contributed by atoms with E-state index in [0.29, 0.717) is 11.1 Å². The molecule has 0 fully saturated rings. The lowest BCUT2D eigenvalue weighted by Crippen LogP contribution is -2.39. The first-order valence-corrected chi connectivity index (χ1v) is 11.0. The maximum atomic E-state index is 13.7. The van der Waals surface area contributed by atoms with E-state index < -0.39 is 42.3 Å². The van der Waals surface area contributed by atoms with Crippen LogP contribution in [0.4, 0.5) is 26.3 Å². The van der Waals surface area contributed by atoms with Crippen molar-refractivity contribution in [2.24, 2.45) is 0 Å². The van der Waals surface area contributed by atoms with Gasteiger partial charge in [-0.25, -0.2) is 0 Å². The average Bonchev–Trinajstić information content (AvgIpc) is 2.74. The molecule has 0 bridgehead atoms. The van der Waals surface area contributed by atoms with Gasteiger partial charge in [0.25, 0.3) is 11.8 Å². The van der Waals surface area contributed by atoms with Gasteiger partial charge in [-0.15, -0.1) is 0 Å². The van der Waals surface area contributed by atoms with E-state index in [4.69, 9.17) is 34.8 Å². The van der Waals surface area contributed by atoms with Crippen LogP contribution in [-0.4, -0.2) is 30.7 Å². The van der Waals surface area contributed by atoms with Crippen molar-refractivity contribution in [3.8, 4) is 0 Å². The van der Waals surface area contributed by atoms with Crippen molar-refractivity contribution in [2.45, 2.75) is 25.2 Å². The lowest BCUT2D eigenvalue weighted by molar-refractivity contribution is -0.139. The van der Waals surface area contributed by atoms with Crippen molar-refractivity contribution in [1.29, 1.82) is 0 Å². The Bertz CT molecular complexity index is 1190. The molecular formula is C23H17Cl3F6N2O2. The van der Waals surface area contributed by atoms with Crippen LogP contribution in [0.25, 0.3) is 6.08 Å². The third kappa shape index (κ3) is 8.18. The molecule has 0 aliphatic heterocycles. The Hall–Kier alpha value is -2.69. The summed E-state index contributed by atoms with van der Waals surface area (Å²) in [5, 5.41) is 3.30. The standard InChI is InChI=1S/C23H17Cl3F6N2O2/c1-11-7-13(3-5-15(11)21(36)34-12(2)20(35)33-10-22(27,28)29)4-6-16(23(30,31)32)14-8-17(24)19(26)18(25)9-14/h3-9,16H,2,10H2,1H3,(H,33,35)(H,34,36)/b6-4+. The van der Waals surface area contributed by atoms with Gasteiger partial charge in [0.05, 0.1) is 26.7 Å². The molecular weight excluding hydrogens is 557 g/mol. The lowest BCUT2D eigenvalue weighted by atomic mass is 9.96. The van der Waals surface area contributed by atoms with Crippen molar-refractivity contribution in [3.05, 3.63) is 86.0 Å². The molecule has 0 aromatic heterocycles. The smallest absolute Gasteiger partial charge is 0.342 e. The van der Waals surface area contributed by atoms with Gasteiger partial charge in [0.1, 0.15) is 6.54 Å². The zero-order valence-corrected chi connectivity index (χ0v) is 20.5. The fourth-order valence-electron chi connectivity index (χ4n) is 2.96. The fourth-order valence-corrected chi connectivity index (χ4v) is 3.58. The van der Waals surface area contributed by atoms with E-state index in [2.05, 4.69) is 11.9 Å². The summed E-state index contributed by atoms with van der Waals surface area (Å²) in [5.41, 5.74) is -0.180. The van der Waals surface area contributed by atoms with Gasteiger partial charge in [-0.3, -0.25) is 9.59 Å². The number of benzene rings is 2. The SMILES string of the molecule is C=C(NC(=O)c1ccc(/C=C/C(c2cc(Cl)c(Cl)c(Cl)c2)C(F)(F)F)cc1C)C(=O)NCC(F)(F)F. The molecule has 2 N–H and O–H groups in total. The van der Waals surface area contributed by atoms with Gasteiger partial charge in [0.15, 0.2) is 0 Å². The second-order valence-electron chi connectivity index (χ2n) is 7.48. The summed E-state index contributed by atoms with van der Waals surface area (Å²) in [6.45, 7) is 3.11. The zero-order chi connectivity index (χ0) is 27.4. The number of nitrogens with one attached hydrogen (secondary N) is 2. The normalized spacial score (nSPS) is 12.9. The number of rotatable bonds is 7. The molecule has 4 nitrogen and oxygen atoms in total. The maximum Gasteiger partial charge on any atom is 0.405 e. The molecule has 0 heterocycles. The predicted octanol–water partition coefficient (Wildman–Crippen LogP) is 7.24. The molecule has 0 spiro atoms. The van der Waals surface area contributed by atoms with Gasteiger partial charge in [-0.2, -0.15) is 26.3 Å². The van der Waals surface area contributed by atoms with Crippen molar-refractivity contribution in [2.75, 3.05) is 6.54 Å². The molecule has 0 aliphatic carbocycles. The highest BCUT2D eigenvalue weighted by atomic mass is 35.5. The molecule has 0 saturated carbocycles. The van der Waals surface area contributed by atoms with Gasteiger partial charge in [0, 0.05) is 5.56 Å². The number of carbonyl (C=O) groups is 2. The molecule has 194 valence electrons. The van der Waals surface area contributed by atoms with Crippen molar-refractivity contribution in [1.82, 2.24) is 10.6 Å². The van der Waals surface area contributed by atoms with Gasteiger partial charge in [0.2, 0.25) is 0 Å². The van der Waals surface area contributed by atoms with Crippen LogP contribution < -0.4 is 10.6 Å².